The second-order valence-electron chi connectivity index (χ2n) is 4.17. The number of halogens is 4. The smallest absolute Gasteiger partial charge is 0.409 e. The summed E-state index contributed by atoms with van der Waals surface area (Å²) < 4.78 is 38.1. The van der Waals surface area contributed by atoms with Crippen LogP contribution in [0.1, 0.15) is 18.9 Å². The van der Waals surface area contributed by atoms with E-state index in [0.29, 0.717) is 0 Å². The molecule has 0 spiro atoms. The van der Waals surface area contributed by atoms with Gasteiger partial charge in [0.1, 0.15) is 0 Å². The highest BCUT2D eigenvalue weighted by molar-refractivity contribution is 6.31. The Morgan fingerprint density at radius 3 is 2.62 bits per heavy atom. The topological polar surface area (TPSA) is 87.7 Å². The Kier molecular flexibility index (Phi) is 5.42. The van der Waals surface area contributed by atoms with E-state index in [0.717, 1.165) is 12.1 Å². The highest BCUT2D eigenvalue weighted by Gasteiger charge is 2.33. The Morgan fingerprint density at radius 1 is 1.52 bits per heavy atom. The molecule has 4 N–H and O–H groups in total. The third-order valence-corrected chi connectivity index (χ3v) is 3.07. The summed E-state index contributed by atoms with van der Waals surface area (Å²) in [6, 6.07) is 2.98. The van der Waals surface area contributed by atoms with Crippen LogP contribution in [-0.2, 0) is 11.0 Å². The maximum atomic E-state index is 12.7. The number of nitrogens with one attached hydrogen (secondary N) is 1. The normalized spacial score (nSPS) is 13.9. The van der Waals surface area contributed by atoms with Crippen molar-refractivity contribution in [3.05, 3.63) is 28.8 Å². The number of rotatable bonds is 4. The van der Waals surface area contributed by atoms with E-state index in [4.69, 9.17) is 22.5 Å². The minimum absolute atomic E-state index is 0.0825. The molecule has 0 saturated carbocycles. The van der Waals surface area contributed by atoms with Gasteiger partial charge in [-0.2, -0.15) is 13.2 Å². The molecule has 21 heavy (non-hydrogen) atoms. The quantitative estimate of drug-likeness (QED) is 0.344. The van der Waals surface area contributed by atoms with Crippen LogP contribution in [0.2, 0.25) is 5.02 Å². The molecule has 1 rings (SSSR count). The number of hydrogen-bond acceptors (Lipinski definition) is 3. The van der Waals surface area contributed by atoms with Crippen LogP contribution in [0.5, 0.6) is 0 Å². The van der Waals surface area contributed by atoms with Gasteiger partial charge in [-0.15, -0.1) is 0 Å². The SMILES string of the molecule is CCC(C(=O)Nc1ccc(Cl)c(C(F)(F)F)c1)C(N)=NO. The largest absolute Gasteiger partial charge is 0.417 e. The van der Waals surface area contributed by atoms with Crippen molar-refractivity contribution in [3.8, 4) is 0 Å². The molecular formula is C12H13ClF3N3O2. The van der Waals surface area contributed by atoms with E-state index >= 15 is 0 Å². The molecule has 116 valence electrons. The minimum Gasteiger partial charge on any atom is -0.409 e. The van der Waals surface area contributed by atoms with Gasteiger partial charge < -0.3 is 16.3 Å². The standard InChI is InChI=1S/C12H13ClF3N3O2/c1-2-7(10(17)19-21)11(20)18-6-3-4-9(13)8(5-6)12(14,15)16/h3-5,7,21H,2H2,1H3,(H2,17,19)(H,18,20). The number of carbonyl (C=O) groups excluding carboxylic acids is 1. The van der Waals surface area contributed by atoms with Gasteiger partial charge in [0, 0.05) is 5.69 Å². The van der Waals surface area contributed by atoms with Crippen LogP contribution in [0.3, 0.4) is 0 Å². The number of nitrogens with zero attached hydrogens (tertiary/aromatic N) is 1. The zero-order chi connectivity index (χ0) is 16.2. The van der Waals surface area contributed by atoms with Crippen molar-refractivity contribution >= 4 is 29.0 Å². The first-order valence-electron chi connectivity index (χ1n) is 5.85. The molecule has 0 saturated heterocycles. The third-order valence-electron chi connectivity index (χ3n) is 2.74. The van der Waals surface area contributed by atoms with E-state index in [2.05, 4.69) is 10.5 Å². The van der Waals surface area contributed by atoms with Gasteiger partial charge in [0.2, 0.25) is 5.91 Å². The average Bonchev–Trinajstić information content (AvgIpc) is 2.40. The molecule has 5 nitrogen and oxygen atoms in total. The molecule has 0 aliphatic heterocycles. The molecule has 0 fully saturated rings. The Hall–Kier alpha value is -1.96. The molecule has 1 unspecified atom stereocenters. The number of hydrogen-bond donors (Lipinski definition) is 3. The fraction of sp³-hybridized carbons (Fsp3) is 0.333. The molecule has 0 aliphatic carbocycles. The summed E-state index contributed by atoms with van der Waals surface area (Å²) in [5.74, 6) is -1.94. The number of nitrogens with two attached hydrogens (primary N) is 1. The van der Waals surface area contributed by atoms with E-state index in [9.17, 15) is 18.0 Å². The minimum atomic E-state index is -4.63. The van der Waals surface area contributed by atoms with Gasteiger partial charge in [-0.25, -0.2) is 0 Å². The van der Waals surface area contributed by atoms with Gasteiger partial charge in [-0.05, 0) is 24.6 Å². The number of benzene rings is 1. The number of anilines is 1. The molecule has 0 radical (unpaired) electrons. The van der Waals surface area contributed by atoms with Gasteiger partial charge in [-0.3, -0.25) is 4.79 Å². The highest BCUT2D eigenvalue weighted by atomic mass is 35.5. The second kappa shape index (κ2) is 6.66. The maximum absolute atomic E-state index is 12.7. The lowest BCUT2D eigenvalue weighted by Crippen LogP contribution is -2.34. The van der Waals surface area contributed by atoms with Crippen LogP contribution in [0.15, 0.2) is 23.4 Å². The van der Waals surface area contributed by atoms with Gasteiger partial charge in [-0.1, -0.05) is 23.7 Å². The summed E-state index contributed by atoms with van der Waals surface area (Å²) in [4.78, 5) is 11.9. The lowest BCUT2D eigenvalue weighted by molar-refractivity contribution is -0.137. The summed E-state index contributed by atoms with van der Waals surface area (Å²) >= 11 is 5.48. The second-order valence-corrected chi connectivity index (χ2v) is 4.57. The fourth-order valence-corrected chi connectivity index (χ4v) is 1.87. The number of alkyl halides is 3. The van der Waals surface area contributed by atoms with E-state index in [1.165, 1.54) is 6.07 Å². The van der Waals surface area contributed by atoms with Crippen molar-refractivity contribution in [2.45, 2.75) is 19.5 Å². The first-order valence-corrected chi connectivity index (χ1v) is 6.23. The van der Waals surface area contributed by atoms with Crippen molar-refractivity contribution in [1.82, 2.24) is 0 Å². The van der Waals surface area contributed by atoms with Gasteiger partial charge in [0.05, 0.1) is 16.5 Å². The van der Waals surface area contributed by atoms with E-state index in [1.54, 1.807) is 6.92 Å². The summed E-state index contributed by atoms with van der Waals surface area (Å²) in [6.07, 6.45) is -4.41. The predicted octanol–water partition coefficient (Wildman–Crippen LogP) is 3.07. The summed E-state index contributed by atoms with van der Waals surface area (Å²) in [5, 5.41) is 13.1. The summed E-state index contributed by atoms with van der Waals surface area (Å²) in [7, 11) is 0. The van der Waals surface area contributed by atoms with Crippen LogP contribution in [-0.4, -0.2) is 17.0 Å². The Balaban J connectivity index is 3.01. The zero-order valence-electron chi connectivity index (χ0n) is 10.9. The number of amides is 1. The van der Waals surface area contributed by atoms with Crippen molar-refractivity contribution < 1.29 is 23.2 Å². The number of oxime groups is 1. The van der Waals surface area contributed by atoms with E-state index in [1.807, 2.05) is 0 Å². The van der Waals surface area contributed by atoms with Crippen LogP contribution < -0.4 is 11.1 Å². The number of amidine groups is 1. The monoisotopic (exact) mass is 323 g/mol. The van der Waals surface area contributed by atoms with E-state index in [-0.39, 0.29) is 17.9 Å². The molecule has 0 heterocycles. The molecule has 1 aromatic carbocycles. The van der Waals surface area contributed by atoms with E-state index < -0.39 is 28.6 Å². The van der Waals surface area contributed by atoms with Crippen molar-refractivity contribution in [2.75, 3.05) is 5.32 Å². The molecular weight excluding hydrogens is 311 g/mol. The van der Waals surface area contributed by atoms with Crippen LogP contribution in [0, 0.1) is 5.92 Å². The lowest BCUT2D eigenvalue weighted by atomic mass is 10.0. The van der Waals surface area contributed by atoms with Crippen molar-refractivity contribution in [3.63, 3.8) is 0 Å². The predicted molar refractivity (Wildman–Crippen MR) is 72.3 cm³/mol. The van der Waals surface area contributed by atoms with Crippen molar-refractivity contribution in [1.29, 1.82) is 0 Å². The van der Waals surface area contributed by atoms with Gasteiger partial charge >= 0.3 is 6.18 Å². The molecule has 0 bridgehead atoms. The van der Waals surface area contributed by atoms with Crippen LogP contribution >= 0.6 is 11.6 Å². The molecule has 1 amide bonds. The van der Waals surface area contributed by atoms with Crippen LogP contribution in [0.4, 0.5) is 18.9 Å². The first kappa shape index (κ1) is 17.1. The molecule has 0 aliphatic rings. The molecule has 1 atom stereocenters. The zero-order valence-corrected chi connectivity index (χ0v) is 11.7. The first-order chi connectivity index (χ1) is 9.70. The molecule has 0 aromatic heterocycles. The average molecular weight is 324 g/mol. The van der Waals surface area contributed by atoms with Gasteiger partial charge in [0.15, 0.2) is 5.84 Å². The Labute approximate surface area is 123 Å². The lowest BCUT2D eigenvalue weighted by Gasteiger charge is -2.15. The Morgan fingerprint density at radius 2 is 2.14 bits per heavy atom. The fourth-order valence-electron chi connectivity index (χ4n) is 1.65. The summed E-state index contributed by atoms with van der Waals surface area (Å²) in [5.41, 5.74) is 4.20. The maximum Gasteiger partial charge on any atom is 0.417 e. The van der Waals surface area contributed by atoms with Crippen molar-refractivity contribution in [2.24, 2.45) is 16.8 Å². The summed E-state index contributed by atoms with van der Waals surface area (Å²) in [6.45, 7) is 1.62. The molecule has 1 aromatic rings. The van der Waals surface area contributed by atoms with Gasteiger partial charge in [0.25, 0.3) is 0 Å². The third kappa shape index (κ3) is 4.25. The molecule has 9 heteroatoms. The Bertz CT molecular complexity index is 561. The van der Waals surface area contributed by atoms with Crippen LogP contribution in [0.25, 0.3) is 0 Å². The highest BCUT2D eigenvalue weighted by Crippen LogP contribution is 2.36. The number of carbonyl (C=O) groups is 1.